The van der Waals surface area contributed by atoms with Gasteiger partial charge < -0.3 is 5.73 Å². The van der Waals surface area contributed by atoms with Gasteiger partial charge in [0.2, 0.25) is 10.0 Å². The number of rotatable bonds is 3. The molecule has 0 radical (unpaired) electrons. The number of nitrogens with two attached hydrogens (primary N) is 1. The lowest BCUT2D eigenvalue weighted by molar-refractivity contribution is 0.250. The van der Waals surface area contributed by atoms with Crippen molar-refractivity contribution in [2.75, 3.05) is 13.1 Å². The van der Waals surface area contributed by atoms with Crippen molar-refractivity contribution in [1.29, 1.82) is 0 Å². The van der Waals surface area contributed by atoms with E-state index in [2.05, 4.69) is 15.9 Å². The Morgan fingerprint density at radius 3 is 2.50 bits per heavy atom. The Balaban J connectivity index is 2.20. The van der Waals surface area contributed by atoms with Crippen molar-refractivity contribution in [2.24, 2.45) is 11.7 Å². The Labute approximate surface area is 133 Å². The van der Waals surface area contributed by atoms with E-state index in [0.29, 0.717) is 19.0 Å². The first-order valence-corrected chi connectivity index (χ1v) is 9.14. The van der Waals surface area contributed by atoms with Crippen LogP contribution >= 0.6 is 27.5 Å². The third-order valence-electron chi connectivity index (χ3n) is 3.75. The maximum atomic E-state index is 12.6. The summed E-state index contributed by atoms with van der Waals surface area (Å²) in [5, 5.41) is 0.244. The number of sulfonamides is 1. The van der Waals surface area contributed by atoms with Crippen LogP contribution < -0.4 is 5.73 Å². The highest BCUT2D eigenvalue weighted by molar-refractivity contribution is 9.10. The van der Waals surface area contributed by atoms with Crippen LogP contribution in [0.15, 0.2) is 27.6 Å². The van der Waals surface area contributed by atoms with Gasteiger partial charge in [-0.3, -0.25) is 0 Å². The molecule has 0 bridgehead atoms. The molecule has 1 aliphatic heterocycles. The smallest absolute Gasteiger partial charge is 0.244 e. The fourth-order valence-electron chi connectivity index (χ4n) is 2.47. The topological polar surface area (TPSA) is 63.4 Å². The fourth-order valence-corrected chi connectivity index (χ4v) is 4.95. The van der Waals surface area contributed by atoms with Gasteiger partial charge in [0.1, 0.15) is 4.90 Å². The van der Waals surface area contributed by atoms with Gasteiger partial charge in [0.25, 0.3) is 0 Å². The van der Waals surface area contributed by atoms with E-state index in [1.807, 2.05) is 6.92 Å². The molecule has 0 saturated carbocycles. The quantitative estimate of drug-likeness (QED) is 0.875. The lowest BCUT2D eigenvalue weighted by Crippen LogP contribution is -2.42. The molecule has 1 unspecified atom stereocenters. The van der Waals surface area contributed by atoms with Crippen LogP contribution in [0.5, 0.6) is 0 Å². The third-order valence-corrected chi connectivity index (χ3v) is 6.63. The summed E-state index contributed by atoms with van der Waals surface area (Å²) < 4.78 is 27.4. The summed E-state index contributed by atoms with van der Waals surface area (Å²) in [7, 11) is -3.52. The third kappa shape index (κ3) is 3.36. The van der Waals surface area contributed by atoms with Crippen LogP contribution in [0.2, 0.25) is 5.02 Å². The lowest BCUT2D eigenvalue weighted by atomic mass is 9.92. The highest BCUT2D eigenvalue weighted by Gasteiger charge is 2.31. The van der Waals surface area contributed by atoms with Gasteiger partial charge in [-0.15, -0.1) is 0 Å². The van der Waals surface area contributed by atoms with Gasteiger partial charge in [-0.25, -0.2) is 8.42 Å². The van der Waals surface area contributed by atoms with Gasteiger partial charge in [-0.05, 0) is 43.9 Å². The molecule has 1 aromatic rings. The summed E-state index contributed by atoms with van der Waals surface area (Å²) in [4.78, 5) is 0.168. The Bertz CT molecular complexity index is 584. The highest BCUT2D eigenvalue weighted by atomic mass is 79.9. The second-order valence-electron chi connectivity index (χ2n) is 5.18. The zero-order valence-electron chi connectivity index (χ0n) is 11.2. The molecule has 1 saturated heterocycles. The molecule has 1 aromatic carbocycles. The second kappa shape index (κ2) is 6.32. The van der Waals surface area contributed by atoms with E-state index in [4.69, 9.17) is 17.3 Å². The number of hydrogen-bond acceptors (Lipinski definition) is 3. The number of halogens is 2. The first-order chi connectivity index (χ1) is 9.32. The van der Waals surface area contributed by atoms with Crippen LogP contribution in [-0.2, 0) is 10.0 Å². The molecule has 2 N–H and O–H groups in total. The minimum absolute atomic E-state index is 0.108. The van der Waals surface area contributed by atoms with Crippen LogP contribution in [0.25, 0.3) is 0 Å². The molecule has 1 fully saturated rings. The van der Waals surface area contributed by atoms with Crippen molar-refractivity contribution in [1.82, 2.24) is 4.31 Å². The zero-order valence-corrected chi connectivity index (χ0v) is 14.4. The SMILES string of the molecule is CC(N)C1CCN(S(=O)(=O)c2ccc(Br)cc2Cl)CC1. The van der Waals surface area contributed by atoms with Crippen LogP contribution in [0.4, 0.5) is 0 Å². The molecular weight excluding hydrogens is 364 g/mol. The average molecular weight is 382 g/mol. The molecule has 0 spiro atoms. The number of nitrogens with zero attached hydrogens (tertiary/aromatic N) is 1. The molecule has 1 atom stereocenters. The summed E-state index contributed by atoms with van der Waals surface area (Å²) in [6.07, 6.45) is 1.59. The first kappa shape index (κ1) is 16.2. The number of hydrogen-bond donors (Lipinski definition) is 1. The van der Waals surface area contributed by atoms with Crippen molar-refractivity contribution in [3.8, 4) is 0 Å². The van der Waals surface area contributed by atoms with Gasteiger partial charge in [-0.2, -0.15) is 4.31 Å². The Morgan fingerprint density at radius 2 is 2.00 bits per heavy atom. The minimum atomic E-state index is -3.52. The average Bonchev–Trinajstić information content (AvgIpc) is 2.38. The summed E-state index contributed by atoms with van der Waals surface area (Å²) in [5.74, 6) is 0.391. The van der Waals surface area contributed by atoms with Gasteiger partial charge in [-0.1, -0.05) is 27.5 Å². The number of piperidine rings is 1. The van der Waals surface area contributed by atoms with Gasteiger partial charge in [0.15, 0.2) is 0 Å². The Kier molecular flexibility index (Phi) is 5.13. The molecule has 2 rings (SSSR count). The standard InChI is InChI=1S/C13H18BrClN2O2S/c1-9(16)10-4-6-17(7-5-10)20(18,19)13-3-2-11(14)8-12(13)15/h2-3,8-10H,4-7,16H2,1H3. The van der Waals surface area contributed by atoms with E-state index in [1.54, 1.807) is 18.2 Å². The van der Waals surface area contributed by atoms with E-state index in [-0.39, 0.29) is 16.0 Å². The monoisotopic (exact) mass is 380 g/mol. The van der Waals surface area contributed by atoms with E-state index in [0.717, 1.165) is 17.3 Å². The molecular formula is C13H18BrClN2O2S. The van der Waals surface area contributed by atoms with E-state index >= 15 is 0 Å². The van der Waals surface area contributed by atoms with Crippen LogP contribution in [0.1, 0.15) is 19.8 Å². The van der Waals surface area contributed by atoms with Crippen molar-refractivity contribution in [3.05, 3.63) is 27.7 Å². The molecule has 0 amide bonds. The van der Waals surface area contributed by atoms with E-state index in [9.17, 15) is 8.42 Å². The molecule has 20 heavy (non-hydrogen) atoms. The number of benzene rings is 1. The van der Waals surface area contributed by atoms with Crippen molar-refractivity contribution in [3.63, 3.8) is 0 Å². The molecule has 1 aliphatic rings. The Hall–Kier alpha value is -0.140. The Morgan fingerprint density at radius 1 is 1.40 bits per heavy atom. The molecule has 112 valence electrons. The molecule has 0 aromatic heterocycles. The van der Waals surface area contributed by atoms with Gasteiger partial charge in [0, 0.05) is 23.6 Å². The first-order valence-electron chi connectivity index (χ1n) is 6.53. The van der Waals surface area contributed by atoms with Crippen molar-refractivity contribution < 1.29 is 8.42 Å². The van der Waals surface area contributed by atoms with Crippen molar-refractivity contribution >= 4 is 37.6 Å². The molecule has 0 aliphatic carbocycles. The lowest BCUT2D eigenvalue weighted by Gasteiger charge is -2.33. The predicted octanol–water partition coefficient (Wildman–Crippen LogP) is 2.85. The zero-order chi connectivity index (χ0) is 14.9. The normalized spacial score (nSPS) is 20.0. The fraction of sp³-hybridized carbons (Fsp3) is 0.538. The molecule has 4 nitrogen and oxygen atoms in total. The molecule has 7 heteroatoms. The van der Waals surface area contributed by atoms with Crippen LogP contribution in [0, 0.1) is 5.92 Å². The van der Waals surface area contributed by atoms with E-state index < -0.39 is 10.0 Å². The summed E-state index contributed by atoms with van der Waals surface area (Å²) in [6.45, 7) is 2.97. The second-order valence-corrected chi connectivity index (χ2v) is 8.40. The summed E-state index contributed by atoms with van der Waals surface area (Å²) in [5.41, 5.74) is 5.88. The van der Waals surface area contributed by atoms with Gasteiger partial charge >= 0.3 is 0 Å². The van der Waals surface area contributed by atoms with Crippen molar-refractivity contribution in [2.45, 2.75) is 30.7 Å². The predicted molar refractivity (Wildman–Crippen MR) is 84.3 cm³/mol. The summed E-state index contributed by atoms with van der Waals surface area (Å²) >= 11 is 9.33. The largest absolute Gasteiger partial charge is 0.328 e. The maximum absolute atomic E-state index is 12.6. The van der Waals surface area contributed by atoms with E-state index in [1.165, 1.54) is 4.31 Å². The van der Waals surface area contributed by atoms with Crippen LogP contribution in [0.3, 0.4) is 0 Å². The highest BCUT2D eigenvalue weighted by Crippen LogP contribution is 2.30. The van der Waals surface area contributed by atoms with Crippen LogP contribution in [-0.4, -0.2) is 31.9 Å². The summed E-state index contributed by atoms with van der Waals surface area (Å²) in [6, 6.07) is 4.94. The maximum Gasteiger partial charge on any atom is 0.244 e. The molecule has 1 heterocycles. The van der Waals surface area contributed by atoms with Gasteiger partial charge in [0.05, 0.1) is 5.02 Å². The minimum Gasteiger partial charge on any atom is -0.328 e.